The van der Waals surface area contributed by atoms with Gasteiger partial charge >= 0.3 is 0 Å². The number of nitrogen functional groups attached to an aromatic ring is 1. The minimum atomic E-state index is 0. The summed E-state index contributed by atoms with van der Waals surface area (Å²) in [6.07, 6.45) is 0. The van der Waals surface area contributed by atoms with Gasteiger partial charge in [-0.3, -0.25) is 0 Å². The van der Waals surface area contributed by atoms with E-state index in [1.807, 2.05) is 12.1 Å². The van der Waals surface area contributed by atoms with Crippen LogP contribution < -0.4 is 5.73 Å². The van der Waals surface area contributed by atoms with Crippen LogP contribution in [0.3, 0.4) is 0 Å². The van der Waals surface area contributed by atoms with E-state index in [0.29, 0.717) is 10.7 Å². The highest BCUT2D eigenvalue weighted by Crippen LogP contribution is 2.31. The molecule has 0 spiro atoms. The third-order valence-electron chi connectivity index (χ3n) is 2.18. The molecular weight excluding hydrogens is 245 g/mol. The molecule has 2 aromatic carbocycles. The lowest BCUT2D eigenvalue weighted by Crippen LogP contribution is -1.85. The first-order valence-corrected chi connectivity index (χ1v) is 4.89. The second-order valence-electron chi connectivity index (χ2n) is 3.28. The van der Waals surface area contributed by atoms with Gasteiger partial charge in [0, 0.05) is 22.3 Å². The van der Waals surface area contributed by atoms with Crippen LogP contribution >= 0.6 is 24.0 Å². The fraction of sp³-hybridized carbons (Fsp3) is 0. The Morgan fingerprint density at radius 1 is 1.00 bits per heavy atom. The minimum absolute atomic E-state index is 0. The summed E-state index contributed by atoms with van der Waals surface area (Å²) in [4.78, 5) is 0. The van der Waals surface area contributed by atoms with E-state index in [4.69, 9.17) is 17.3 Å². The van der Waals surface area contributed by atoms with Gasteiger partial charge in [-0.15, -0.1) is 12.4 Å². The van der Waals surface area contributed by atoms with Crippen molar-refractivity contribution in [3.05, 3.63) is 47.5 Å². The van der Waals surface area contributed by atoms with E-state index < -0.39 is 0 Å². The summed E-state index contributed by atoms with van der Waals surface area (Å²) in [5, 5.41) is 10.4. The van der Waals surface area contributed by atoms with Crippen LogP contribution in [-0.4, -0.2) is 5.11 Å². The Morgan fingerprint density at radius 3 is 2.19 bits per heavy atom. The Balaban J connectivity index is 0.00000128. The normalized spacial score (nSPS) is 9.56. The predicted molar refractivity (Wildman–Crippen MR) is 70.2 cm³/mol. The number of hydrogen-bond acceptors (Lipinski definition) is 2. The fourth-order valence-corrected chi connectivity index (χ4v) is 1.55. The van der Waals surface area contributed by atoms with Crippen LogP contribution in [0, 0.1) is 0 Å². The van der Waals surface area contributed by atoms with Crippen molar-refractivity contribution in [3.63, 3.8) is 0 Å². The SMILES string of the molecule is Cl.Nc1ccc(-c2ccc(Cl)cc2)c(O)c1. The molecule has 0 fully saturated rings. The van der Waals surface area contributed by atoms with E-state index in [9.17, 15) is 5.11 Å². The van der Waals surface area contributed by atoms with Gasteiger partial charge in [0.2, 0.25) is 0 Å². The molecule has 4 heteroatoms. The Kier molecular flexibility index (Phi) is 4.05. The Hall–Kier alpha value is -1.38. The molecule has 0 aliphatic carbocycles. The van der Waals surface area contributed by atoms with Gasteiger partial charge in [-0.05, 0) is 29.8 Å². The Morgan fingerprint density at radius 2 is 1.62 bits per heavy atom. The molecule has 0 radical (unpaired) electrons. The second-order valence-corrected chi connectivity index (χ2v) is 3.72. The summed E-state index contributed by atoms with van der Waals surface area (Å²) in [5.74, 6) is 0.178. The molecular formula is C12H11Cl2NO. The lowest BCUT2D eigenvalue weighted by atomic mass is 10.0. The van der Waals surface area contributed by atoms with Gasteiger partial charge in [0.25, 0.3) is 0 Å². The molecule has 0 aromatic heterocycles. The van der Waals surface area contributed by atoms with Gasteiger partial charge in [-0.1, -0.05) is 23.7 Å². The lowest BCUT2D eigenvalue weighted by Gasteiger charge is -2.05. The highest BCUT2D eigenvalue weighted by molar-refractivity contribution is 6.30. The van der Waals surface area contributed by atoms with E-state index in [-0.39, 0.29) is 18.2 Å². The fourth-order valence-electron chi connectivity index (χ4n) is 1.42. The summed E-state index contributed by atoms with van der Waals surface area (Å²) in [5.41, 5.74) is 7.76. The maximum atomic E-state index is 9.70. The van der Waals surface area contributed by atoms with Crippen molar-refractivity contribution in [2.24, 2.45) is 0 Å². The summed E-state index contributed by atoms with van der Waals surface area (Å²) in [6, 6.07) is 12.3. The Bertz CT molecular complexity index is 483. The van der Waals surface area contributed by atoms with Crippen LogP contribution in [0.2, 0.25) is 5.02 Å². The molecule has 0 heterocycles. The standard InChI is InChI=1S/C12H10ClNO.ClH/c13-9-3-1-8(2-4-9)11-6-5-10(14)7-12(11)15;/h1-7,15H,14H2;1H. The summed E-state index contributed by atoms with van der Waals surface area (Å²) >= 11 is 5.78. The molecule has 2 rings (SSSR count). The van der Waals surface area contributed by atoms with Crippen molar-refractivity contribution in [2.75, 3.05) is 5.73 Å². The van der Waals surface area contributed by atoms with Crippen molar-refractivity contribution in [2.45, 2.75) is 0 Å². The topological polar surface area (TPSA) is 46.2 Å². The maximum Gasteiger partial charge on any atom is 0.125 e. The van der Waals surface area contributed by atoms with Gasteiger partial charge in [0.15, 0.2) is 0 Å². The van der Waals surface area contributed by atoms with E-state index >= 15 is 0 Å². The number of anilines is 1. The average molecular weight is 256 g/mol. The van der Waals surface area contributed by atoms with Crippen molar-refractivity contribution in [1.82, 2.24) is 0 Å². The van der Waals surface area contributed by atoms with Crippen molar-refractivity contribution in [3.8, 4) is 16.9 Å². The average Bonchev–Trinajstić information content (AvgIpc) is 2.20. The number of aromatic hydroxyl groups is 1. The summed E-state index contributed by atoms with van der Waals surface area (Å²) in [7, 11) is 0. The third-order valence-corrected chi connectivity index (χ3v) is 2.43. The Labute approximate surface area is 105 Å². The van der Waals surface area contributed by atoms with Gasteiger partial charge in [-0.2, -0.15) is 0 Å². The number of phenolic OH excluding ortho intramolecular Hbond substituents is 1. The number of phenols is 1. The molecule has 0 saturated carbocycles. The molecule has 0 aliphatic rings. The molecule has 84 valence electrons. The third kappa shape index (κ3) is 2.60. The van der Waals surface area contributed by atoms with Crippen LogP contribution in [0.25, 0.3) is 11.1 Å². The van der Waals surface area contributed by atoms with Crippen LogP contribution in [0.1, 0.15) is 0 Å². The minimum Gasteiger partial charge on any atom is -0.507 e. The van der Waals surface area contributed by atoms with Crippen molar-refractivity contribution >= 4 is 29.7 Å². The van der Waals surface area contributed by atoms with Crippen molar-refractivity contribution < 1.29 is 5.11 Å². The zero-order valence-corrected chi connectivity index (χ0v) is 9.92. The highest BCUT2D eigenvalue weighted by Gasteiger charge is 2.03. The molecule has 0 atom stereocenters. The molecule has 0 bridgehead atoms. The van der Waals surface area contributed by atoms with E-state index in [2.05, 4.69) is 0 Å². The first kappa shape index (κ1) is 12.7. The number of rotatable bonds is 1. The molecule has 16 heavy (non-hydrogen) atoms. The maximum absolute atomic E-state index is 9.70. The molecule has 0 saturated heterocycles. The van der Waals surface area contributed by atoms with Gasteiger partial charge < -0.3 is 10.8 Å². The molecule has 0 unspecified atom stereocenters. The zero-order valence-electron chi connectivity index (χ0n) is 8.35. The lowest BCUT2D eigenvalue weighted by molar-refractivity contribution is 0.477. The quantitative estimate of drug-likeness (QED) is 0.764. The largest absolute Gasteiger partial charge is 0.507 e. The van der Waals surface area contributed by atoms with E-state index in [0.717, 1.165) is 11.1 Å². The smallest absolute Gasteiger partial charge is 0.125 e. The van der Waals surface area contributed by atoms with Crippen molar-refractivity contribution in [1.29, 1.82) is 0 Å². The van der Waals surface area contributed by atoms with Crippen LogP contribution in [0.5, 0.6) is 5.75 Å². The molecule has 0 amide bonds. The van der Waals surface area contributed by atoms with Gasteiger partial charge in [0.1, 0.15) is 5.75 Å². The number of benzene rings is 2. The zero-order chi connectivity index (χ0) is 10.8. The molecule has 3 N–H and O–H groups in total. The predicted octanol–water partition coefficient (Wildman–Crippen LogP) is 3.72. The summed E-state index contributed by atoms with van der Waals surface area (Å²) < 4.78 is 0. The first-order valence-electron chi connectivity index (χ1n) is 4.51. The molecule has 2 aromatic rings. The second kappa shape index (κ2) is 5.10. The summed E-state index contributed by atoms with van der Waals surface area (Å²) in [6.45, 7) is 0. The highest BCUT2D eigenvalue weighted by atomic mass is 35.5. The van der Waals surface area contributed by atoms with Gasteiger partial charge in [-0.25, -0.2) is 0 Å². The van der Waals surface area contributed by atoms with Gasteiger partial charge in [0.05, 0.1) is 0 Å². The molecule has 0 aliphatic heterocycles. The number of nitrogens with two attached hydrogens (primary N) is 1. The van der Waals surface area contributed by atoms with E-state index in [1.165, 1.54) is 6.07 Å². The van der Waals surface area contributed by atoms with Crippen LogP contribution in [-0.2, 0) is 0 Å². The number of hydrogen-bond donors (Lipinski definition) is 2. The van der Waals surface area contributed by atoms with Crippen LogP contribution in [0.4, 0.5) is 5.69 Å². The number of halogens is 2. The first-order chi connectivity index (χ1) is 7.16. The van der Waals surface area contributed by atoms with Crippen LogP contribution in [0.15, 0.2) is 42.5 Å². The monoisotopic (exact) mass is 255 g/mol. The molecule has 2 nitrogen and oxygen atoms in total. The van der Waals surface area contributed by atoms with E-state index in [1.54, 1.807) is 24.3 Å².